The first-order valence-corrected chi connectivity index (χ1v) is 6.37. The minimum Gasteiger partial charge on any atom is -0.478 e. The molecule has 0 radical (unpaired) electrons. The van der Waals surface area contributed by atoms with Gasteiger partial charge in [-0.05, 0) is 6.07 Å². The van der Waals surface area contributed by atoms with Crippen LogP contribution >= 0.6 is 0 Å². The second kappa shape index (κ2) is 6.28. The van der Waals surface area contributed by atoms with Gasteiger partial charge in [0.25, 0.3) is 10.2 Å². The van der Waals surface area contributed by atoms with Crippen LogP contribution in [0.2, 0.25) is 0 Å². The van der Waals surface area contributed by atoms with Crippen molar-refractivity contribution in [3.05, 3.63) is 24.0 Å². The number of pyridine rings is 1. The molecule has 3 N–H and O–H groups in total. The maximum Gasteiger partial charge on any atom is 0.337 e. The first-order chi connectivity index (χ1) is 8.44. The minimum atomic E-state index is -3.76. The van der Waals surface area contributed by atoms with E-state index in [0.717, 1.165) is 6.20 Å². The van der Waals surface area contributed by atoms with Crippen LogP contribution in [0.5, 0.6) is 0 Å². The highest BCUT2D eigenvalue weighted by Gasteiger charge is 2.11. The van der Waals surface area contributed by atoms with Crippen LogP contribution in [0.3, 0.4) is 0 Å². The summed E-state index contributed by atoms with van der Waals surface area (Å²) in [5, 5.41) is 8.73. The van der Waals surface area contributed by atoms with E-state index in [1.54, 1.807) is 0 Å². The quantitative estimate of drug-likeness (QED) is 0.587. The second-order valence-electron chi connectivity index (χ2n) is 3.26. The van der Waals surface area contributed by atoms with Crippen molar-refractivity contribution >= 4 is 21.9 Å². The van der Waals surface area contributed by atoms with Gasteiger partial charge in [-0.2, -0.15) is 13.1 Å². The topological polar surface area (TPSA) is 118 Å². The molecule has 1 rings (SSSR count). The Kier molecular flexibility index (Phi) is 5.01. The zero-order valence-corrected chi connectivity index (χ0v) is 10.4. The van der Waals surface area contributed by atoms with Crippen LogP contribution in [-0.2, 0) is 14.9 Å². The third-order valence-corrected chi connectivity index (χ3v) is 2.92. The molecular weight excluding hydrogens is 262 g/mol. The van der Waals surface area contributed by atoms with E-state index in [4.69, 9.17) is 9.84 Å². The Bertz CT molecular complexity index is 517. The molecule has 1 aromatic heterocycles. The highest BCUT2D eigenvalue weighted by atomic mass is 32.2. The standard InChI is InChI=1S/C9H13N3O5S/c1-17-3-2-11-18(15,16)12-8-4-7(9(13)14)5-10-6-8/h4-6,11-12H,2-3H2,1H3,(H,13,14). The molecule has 8 nitrogen and oxygen atoms in total. The molecule has 0 fully saturated rings. The average molecular weight is 275 g/mol. The maximum atomic E-state index is 11.5. The molecule has 0 aliphatic carbocycles. The van der Waals surface area contributed by atoms with Gasteiger partial charge in [-0.25, -0.2) is 4.79 Å². The Morgan fingerprint density at radius 1 is 1.50 bits per heavy atom. The van der Waals surface area contributed by atoms with Gasteiger partial charge in [-0.15, -0.1) is 0 Å². The van der Waals surface area contributed by atoms with E-state index in [2.05, 4.69) is 14.4 Å². The lowest BCUT2D eigenvalue weighted by atomic mass is 10.3. The molecule has 0 saturated heterocycles. The van der Waals surface area contributed by atoms with Crippen molar-refractivity contribution in [3.63, 3.8) is 0 Å². The molecule has 0 aromatic carbocycles. The molecule has 9 heteroatoms. The van der Waals surface area contributed by atoms with Crippen molar-refractivity contribution in [2.75, 3.05) is 25.0 Å². The lowest BCUT2D eigenvalue weighted by Crippen LogP contribution is -2.32. The Morgan fingerprint density at radius 3 is 2.83 bits per heavy atom. The first-order valence-electron chi connectivity index (χ1n) is 4.89. The lowest BCUT2D eigenvalue weighted by molar-refractivity contribution is 0.0696. The summed E-state index contributed by atoms with van der Waals surface area (Å²) in [6.45, 7) is 0.339. The summed E-state index contributed by atoms with van der Waals surface area (Å²) in [5.41, 5.74) is -0.0353. The number of carboxylic acids is 1. The number of hydrogen-bond donors (Lipinski definition) is 3. The highest BCUT2D eigenvalue weighted by Crippen LogP contribution is 2.09. The van der Waals surface area contributed by atoms with E-state index in [1.165, 1.54) is 19.4 Å². The van der Waals surface area contributed by atoms with E-state index in [-0.39, 0.29) is 24.4 Å². The Morgan fingerprint density at radius 2 is 2.22 bits per heavy atom. The minimum absolute atomic E-state index is 0.0693. The normalized spacial score (nSPS) is 11.2. The number of nitrogens with one attached hydrogen (secondary N) is 2. The molecule has 0 bridgehead atoms. The predicted octanol–water partition coefficient (Wildman–Crippen LogP) is -0.327. The third kappa shape index (κ3) is 4.65. The number of aromatic nitrogens is 1. The number of ether oxygens (including phenoxy) is 1. The summed E-state index contributed by atoms with van der Waals surface area (Å²) in [4.78, 5) is 14.3. The van der Waals surface area contributed by atoms with E-state index in [1.807, 2.05) is 0 Å². The van der Waals surface area contributed by atoms with Gasteiger partial charge in [0.1, 0.15) is 0 Å². The van der Waals surface area contributed by atoms with Crippen LogP contribution < -0.4 is 9.44 Å². The zero-order chi connectivity index (χ0) is 13.6. The number of anilines is 1. The van der Waals surface area contributed by atoms with Crippen molar-refractivity contribution in [1.29, 1.82) is 0 Å². The monoisotopic (exact) mass is 275 g/mol. The van der Waals surface area contributed by atoms with E-state index >= 15 is 0 Å². The predicted molar refractivity (Wildman–Crippen MR) is 63.6 cm³/mol. The number of hydrogen-bond acceptors (Lipinski definition) is 5. The molecule has 0 saturated carbocycles. The molecule has 100 valence electrons. The van der Waals surface area contributed by atoms with Gasteiger partial charge in [-0.1, -0.05) is 0 Å². The first kappa shape index (κ1) is 14.4. The summed E-state index contributed by atoms with van der Waals surface area (Å²) < 4.78 is 32.1. The Hall–Kier alpha value is -1.71. The number of rotatable bonds is 7. The summed E-state index contributed by atoms with van der Waals surface area (Å²) in [7, 11) is -2.32. The van der Waals surface area contributed by atoms with Crippen LogP contribution in [-0.4, -0.2) is 44.7 Å². The summed E-state index contributed by atoms with van der Waals surface area (Å²) in [6.07, 6.45) is 2.33. The van der Waals surface area contributed by atoms with Gasteiger partial charge in [0.2, 0.25) is 0 Å². The van der Waals surface area contributed by atoms with Crippen LogP contribution in [0.25, 0.3) is 0 Å². The summed E-state index contributed by atoms with van der Waals surface area (Å²) in [6, 6.07) is 1.17. The molecule has 0 aliphatic heterocycles. The van der Waals surface area contributed by atoms with Crippen LogP contribution in [0.15, 0.2) is 18.5 Å². The van der Waals surface area contributed by atoms with E-state index < -0.39 is 16.2 Å². The van der Waals surface area contributed by atoms with Crippen molar-refractivity contribution in [3.8, 4) is 0 Å². The SMILES string of the molecule is COCCNS(=O)(=O)Nc1cncc(C(=O)O)c1. The lowest BCUT2D eigenvalue weighted by Gasteiger charge is -2.08. The number of methoxy groups -OCH3 is 1. The Labute approximate surface area is 104 Å². The molecule has 18 heavy (non-hydrogen) atoms. The third-order valence-electron chi connectivity index (χ3n) is 1.84. The fourth-order valence-corrected chi connectivity index (χ4v) is 1.93. The number of nitrogens with zero attached hydrogens (tertiary/aromatic N) is 1. The van der Waals surface area contributed by atoms with Crippen molar-refractivity contribution < 1.29 is 23.1 Å². The summed E-state index contributed by atoms with van der Waals surface area (Å²) >= 11 is 0. The van der Waals surface area contributed by atoms with E-state index in [9.17, 15) is 13.2 Å². The largest absolute Gasteiger partial charge is 0.478 e. The van der Waals surface area contributed by atoms with Gasteiger partial charge < -0.3 is 9.84 Å². The van der Waals surface area contributed by atoms with Crippen molar-refractivity contribution in [2.45, 2.75) is 0 Å². The number of aromatic carboxylic acids is 1. The summed E-state index contributed by atoms with van der Waals surface area (Å²) in [5.74, 6) is -1.18. The zero-order valence-electron chi connectivity index (χ0n) is 9.58. The van der Waals surface area contributed by atoms with Crippen LogP contribution in [0.1, 0.15) is 10.4 Å². The fraction of sp³-hybridized carbons (Fsp3) is 0.333. The molecule has 1 heterocycles. The average Bonchev–Trinajstić information content (AvgIpc) is 2.28. The molecule has 1 aromatic rings. The number of carboxylic acid groups (broad SMARTS) is 1. The van der Waals surface area contributed by atoms with Gasteiger partial charge in [0.05, 0.1) is 24.1 Å². The van der Waals surface area contributed by atoms with Gasteiger partial charge >= 0.3 is 5.97 Å². The smallest absolute Gasteiger partial charge is 0.337 e. The molecule has 0 spiro atoms. The maximum absolute atomic E-state index is 11.5. The van der Waals surface area contributed by atoms with Gasteiger partial charge in [-0.3, -0.25) is 9.71 Å². The second-order valence-corrected chi connectivity index (χ2v) is 4.76. The van der Waals surface area contributed by atoms with Crippen LogP contribution in [0, 0.1) is 0 Å². The molecule has 0 amide bonds. The van der Waals surface area contributed by atoms with E-state index in [0.29, 0.717) is 0 Å². The Balaban J connectivity index is 2.72. The molecule has 0 unspecified atom stereocenters. The fourth-order valence-electron chi connectivity index (χ4n) is 1.08. The molecular formula is C9H13N3O5S. The van der Waals surface area contributed by atoms with Gasteiger partial charge in [0, 0.05) is 19.9 Å². The van der Waals surface area contributed by atoms with Crippen molar-refractivity contribution in [1.82, 2.24) is 9.71 Å². The molecule has 0 aliphatic rings. The number of carbonyl (C=O) groups is 1. The van der Waals surface area contributed by atoms with Crippen LogP contribution in [0.4, 0.5) is 5.69 Å². The highest BCUT2D eigenvalue weighted by molar-refractivity contribution is 7.90. The van der Waals surface area contributed by atoms with Gasteiger partial charge in [0.15, 0.2) is 0 Å². The van der Waals surface area contributed by atoms with Crippen molar-refractivity contribution in [2.24, 2.45) is 0 Å². The molecule has 0 atom stereocenters.